The van der Waals surface area contributed by atoms with Crippen molar-refractivity contribution in [3.8, 4) is 0 Å². The smallest absolute Gasteiger partial charge is 0.227 e. The lowest BCUT2D eigenvalue weighted by Crippen LogP contribution is -2.47. The highest BCUT2D eigenvalue weighted by atomic mass is 16.2. The molecule has 0 saturated carbocycles. The highest BCUT2D eigenvalue weighted by molar-refractivity contribution is 5.81. The summed E-state index contributed by atoms with van der Waals surface area (Å²) in [7, 11) is 0. The first-order valence-electron chi connectivity index (χ1n) is 8.48. The number of carbonyl (C=O) groups excluding carboxylic acids is 1. The fraction of sp³-hybridized carbons (Fsp3) is 0.941. The van der Waals surface area contributed by atoms with Crippen LogP contribution in [0.15, 0.2) is 0 Å². The maximum atomic E-state index is 12.4. The second kappa shape index (κ2) is 6.93. The molecule has 3 heteroatoms. The number of likely N-dealkylation sites (tertiary alicyclic amines) is 2. The quantitative estimate of drug-likeness (QED) is 0.776. The van der Waals surface area contributed by atoms with Crippen molar-refractivity contribution < 1.29 is 4.79 Å². The summed E-state index contributed by atoms with van der Waals surface area (Å²) in [5.74, 6) is 1.02. The van der Waals surface area contributed by atoms with Gasteiger partial charge in [0.2, 0.25) is 5.91 Å². The third kappa shape index (κ3) is 4.47. The molecule has 0 N–H and O–H groups in total. The fourth-order valence-electron chi connectivity index (χ4n) is 3.56. The van der Waals surface area contributed by atoms with Crippen LogP contribution >= 0.6 is 0 Å². The van der Waals surface area contributed by atoms with E-state index < -0.39 is 0 Å². The summed E-state index contributed by atoms with van der Waals surface area (Å²) >= 11 is 0. The van der Waals surface area contributed by atoms with Gasteiger partial charge in [0.05, 0.1) is 0 Å². The fourth-order valence-corrected chi connectivity index (χ4v) is 3.56. The number of carbonyl (C=O) groups is 1. The lowest BCUT2D eigenvalue weighted by molar-refractivity contribution is -0.141. The van der Waals surface area contributed by atoms with Gasteiger partial charge in [0, 0.05) is 25.0 Å². The summed E-state index contributed by atoms with van der Waals surface area (Å²) in [4.78, 5) is 17.2. The molecule has 20 heavy (non-hydrogen) atoms. The average molecular weight is 280 g/mol. The number of amides is 1. The Labute approximate surface area is 124 Å². The largest absolute Gasteiger partial charge is 0.342 e. The summed E-state index contributed by atoms with van der Waals surface area (Å²) in [5, 5.41) is 0. The highest BCUT2D eigenvalue weighted by Gasteiger charge is 2.31. The summed E-state index contributed by atoms with van der Waals surface area (Å²) in [6.45, 7) is 11.8. The van der Waals surface area contributed by atoms with Crippen LogP contribution < -0.4 is 0 Å². The van der Waals surface area contributed by atoms with E-state index in [4.69, 9.17) is 0 Å². The second-order valence-corrected chi connectivity index (χ2v) is 7.72. The SMILES string of the molecule is CC(C)(C)C(=O)N1CCCC(CN2CCCCCC2)C1. The highest BCUT2D eigenvalue weighted by Crippen LogP contribution is 2.24. The summed E-state index contributed by atoms with van der Waals surface area (Å²) in [5.41, 5.74) is -0.232. The number of hydrogen-bond acceptors (Lipinski definition) is 2. The molecule has 2 aliphatic rings. The van der Waals surface area contributed by atoms with Crippen LogP contribution in [0.5, 0.6) is 0 Å². The van der Waals surface area contributed by atoms with Crippen molar-refractivity contribution in [3.63, 3.8) is 0 Å². The molecule has 0 radical (unpaired) electrons. The molecule has 1 amide bonds. The molecule has 0 aliphatic carbocycles. The average Bonchev–Trinajstić information content (AvgIpc) is 2.66. The predicted octanol–water partition coefficient (Wildman–Crippen LogP) is 3.15. The zero-order valence-corrected chi connectivity index (χ0v) is 13.7. The van der Waals surface area contributed by atoms with Crippen molar-refractivity contribution >= 4 is 5.91 Å². The van der Waals surface area contributed by atoms with Gasteiger partial charge in [-0.1, -0.05) is 33.6 Å². The van der Waals surface area contributed by atoms with Crippen molar-refractivity contribution in [2.75, 3.05) is 32.7 Å². The molecule has 2 rings (SSSR count). The molecule has 1 unspecified atom stereocenters. The van der Waals surface area contributed by atoms with E-state index in [2.05, 4.69) is 9.80 Å². The van der Waals surface area contributed by atoms with Crippen LogP contribution in [0.2, 0.25) is 0 Å². The van der Waals surface area contributed by atoms with Crippen molar-refractivity contribution in [2.45, 2.75) is 59.3 Å². The van der Waals surface area contributed by atoms with Crippen molar-refractivity contribution in [2.24, 2.45) is 11.3 Å². The van der Waals surface area contributed by atoms with E-state index in [1.807, 2.05) is 20.8 Å². The van der Waals surface area contributed by atoms with Gasteiger partial charge in [-0.05, 0) is 44.7 Å². The minimum atomic E-state index is -0.232. The molecule has 2 heterocycles. The molecule has 0 bridgehead atoms. The zero-order chi connectivity index (χ0) is 14.6. The Morgan fingerprint density at radius 3 is 2.25 bits per heavy atom. The van der Waals surface area contributed by atoms with Crippen molar-refractivity contribution in [1.29, 1.82) is 0 Å². The van der Waals surface area contributed by atoms with Gasteiger partial charge in [-0.3, -0.25) is 4.79 Å². The van der Waals surface area contributed by atoms with Crippen molar-refractivity contribution in [3.05, 3.63) is 0 Å². The maximum Gasteiger partial charge on any atom is 0.227 e. The summed E-state index contributed by atoms with van der Waals surface area (Å²) in [6.07, 6.45) is 7.99. The molecule has 0 aromatic carbocycles. The minimum Gasteiger partial charge on any atom is -0.342 e. The Kier molecular flexibility index (Phi) is 5.48. The van der Waals surface area contributed by atoms with E-state index in [9.17, 15) is 4.79 Å². The lowest BCUT2D eigenvalue weighted by atomic mass is 9.91. The zero-order valence-electron chi connectivity index (χ0n) is 13.7. The van der Waals surface area contributed by atoms with Gasteiger partial charge in [0.15, 0.2) is 0 Å². The Morgan fingerprint density at radius 2 is 1.65 bits per heavy atom. The molecule has 2 fully saturated rings. The molecule has 0 aromatic heterocycles. The van der Waals surface area contributed by atoms with Crippen LogP contribution in [0.1, 0.15) is 59.3 Å². The third-order valence-corrected chi connectivity index (χ3v) is 4.66. The number of piperidine rings is 1. The summed E-state index contributed by atoms with van der Waals surface area (Å²) < 4.78 is 0. The van der Waals surface area contributed by atoms with Crippen LogP contribution in [0.3, 0.4) is 0 Å². The predicted molar refractivity (Wildman–Crippen MR) is 83.7 cm³/mol. The van der Waals surface area contributed by atoms with Crippen molar-refractivity contribution in [1.82, 2.24) is 9.80 Å². The monoisotopic (exact) mass is 280 g/mol. The van der Waals surface area contributed by atoms with Crippen LogP contribution in [-0.4, -0.2) is 48.4 Å². The molecule has 0 aromatic rings. The first-order chi connectivity index (χ1) is 9.47. The minimum absolute atomic E-state index is 0.232. The number of rotatable bonds is 2. The van der Waals surface area contributed by atoms with E-state index in [1.165, 1.54) is 58.2 Å². The van der Waals surface area contributed by atoms with Gasteiger partial charge in [-0.15, -0.1) is 0 Å². The Morgan fingerprint density at radius 1 is 1.00 bits per heavy atom. The standard InChI is InChI=1S/C17H32N2O/c1-17(2,3)16(20)19-12-8-9-15(14-19)13-18-10-6-4-5-7-11-18/h15H,4-14H2,1-3H3. The molecular formula is C17H32N2O. The van der Waals surface area contributed by atoms with Gasteiger partial charge < -0.3 is 9.80 Å². The number of nitrogens with zero attached hydrogens (tertiary/aromatic N) is 2. The van der Waals surface area contributed by atoms with Crippen LogP contribution in [-0.2, 0) is 4.79 Å². The first kappa shape index (κ1) is 15.8. The van der Waals surface area contributed by atoms with E-state index >= 15 is 0 Å². The Bertz CT molecular complexity index is 313. The van der Waals surface area contributed by atoms with Gasteiger partial charge in [-0.2, -0.15) is 0 Å². The van der Waals surface area contributed by atoms with Gasteiger partial charge >= 0.3 is 0 Å². The maximum absolute atomic E-state index is 12.4. The third-order valence-electron chi connectivity index (χ3n) is 4.66. The van der Waals surface area contributed by atoms with Crippen LogP contribution in [0.4, 0.5) is 0 Å². The molecular weight excluding hydrogens is 248 g/mol. The van der Waals surface area contributed by atoms with Gasteiger partial charge in [0.25, 0.3) is 0 Å². The normalized spacial score (nSPS) is 26.4. The van der Waals surface area contributed by atoms with E-state index in [-0.39, 0.29) is 5.41 Å². The molecule has 2 saturated heterocycles. The van der Waals surface area contributed by atoms with Crippen LogP contribution in [0.25, 0.3) is 0 Å². The summed E-state index contributed by atoms with van der Waals surface area (Å²) in [6, 6.07) is 0. The Hall–Kier alpha value is -0.570. The van der Waals surface area contributed by atoms with E-state index in [0.29, 0.717) is 11.8 Å². The first-order valence-corrected chi connectivity index (χ1v) is 8.48. The van der Waals surface area contributed by atoms with E-state index in [0.717, 1.165) is 13.1 Å². The molecule has 1 atom stereocenters. The second-order valence-electron chi connectivity index (χ2n) is 7.72. The molecule has 116 valence electrons. The molecule has 0 spiro atoms. The number of hydrogen-bond donors (Lipinski definition) is 0. The van der Waals surface area contributed by atoms with Gasteiger partial charge in [0.1, 0.15) is 0 Å². The van der Waals surface area contributed by atoms with E-state index in [1.54, 1.807) is 0 Å². The van der Waals surface area contributed by atoms with Crippen LogP contribution in [0, 0.1) is 11.3 Å². The molecule has 2 aliphatic heterocycles. The van der Waals surface area contributed by atoms with Gasteiger partial charge in [-0.25, -0.2) is 0 Å². The topological polar surface area (TPSA) is 23.6 Å². The molecule has 3 nitrogen and oxygen atoms in total. The Balaban J connectivity index is 1.85. The lowest BCUT2D eigenvalue weighted by Gasteiger charge is -2.38.